The largest absolute Gasteiger partial charge is 0.491 e. The third-order valence-corrected chi connectivity index (χ3v) is 6.32. The first kappa shape index (κ1) is 23.1. The third kappa shape index (κ3) is 4.52. The normalized spacial score (nSPS) is 13.9. The minimum atomic E-state index is -0.111. The number of aliphatic hydroxyl groups excluding tert-OH is 1. The number of fused-ring (bicyclic) bond motifs is 1. The second-order valence-electron chi connectivity index (χ2n) is 8.72. The van der Waals surface area contributed by atoms with Crippen molar-refractivity contribution < 1.29 is 14.6 Å². The fraction of sp³-hybridized carbons (Fsp3) is 0.286. The molecular formula is C28H29N3O4. The number of para-hydroxylation sites is 1. The smallest absolute Gasteiger partial charge is 0.266 e. The Hall–Kier alpha value is -3.68. The number of aryl methyl sites for hydroxylation is 2. The van der Waals surface area contributed by atoms with Crippen molar-refractivity contribution in [2.75, 3.05) is 44.4 Å². The van der Waals surface area contributed by atoms with E-state index in [0.29, 0.717) is 16.7 Å². The van der Waals surface area contributed by atoms with Crippen LogP contribution in [0, 0.1) is 13.8 Å². The van der Waals surface area contributed by atoms with Gasteiger partial charge in [-0.25, -0.2) is 4.98 Å². The molecule has 0 atom stereocenters. The van der Waals surface area contributed by atoms with E-state index in [4.69, 9.17) is 19.6 Å². The van der Waals surface area contributed by atoms with Crippen molar-refractivity contribution in [1.29, 1.82) is 0 Å². The molecule has 7 heteroatoms. The summed E-state index contributed by atoms with van der Waals surface area (Å²) in [6.07, 6.45) is 0. The van der Waals surface area contributed by atoms with Crippen LogP contribution in [0.3, 0.4) is 0 Å². The van der Waals surface area contributed by atoms with Crippen LogP contribution in [-0.4, -0.2) is 54.2 Å². The SMILES string of the molecule is Cc1cc(-c2nc3ccccc3c(=O)n2-c2ccc(N3CCOCC3)cc2)cc(C)c1OCCO. The molecule has 7 nitrogen and oxygen atoms in total. The molecule has 1 fully saturated rings. The van der Waals surface area contributed by atoms with E-state index in [1.807, 2.05) is 74.5 Å². The van der Waals surface area contributed by atoms with Crippen LogP contribution in [0.1, 0.15) is 11.1 Å². The Bertz CT molecular complexity index is 1380. The molecule has 5 rings (SSSR count). The van der Waals surface area contributed by atoms with Crippen molar-refractivity contribution in [1.82, 2.24) is 9.55 Å². The van der Waals surface area contributed by atoms with E-state index in [1.54, 1.807) is 4.57 Å². The summed E-state index contributed by atoms with van der Waals surface area (Å²) in [6, 6.07) is 19.4. The van der Waals surface area contributed by atoms with Crippen LogP contribution >= 0.6 is 0 Å². The number of hydrogen-bond donors (Lipinski definition) is 1. The molecule has 3 aromatic carbocycles. The second kappa shape index (κ2) is 9.90. The van der Waals surface area contributed by atoms with Gasteiger partial charge in [0, 0.05) is 24.3 Å². The van der Waals surface area contributed by atoms with E-state index in [2.05, 4.69) is 4.90 Å². The molecule has 0 radical (unpaired) electrons. The molecule has 0 aliphatic carbocycles. The zero-order chi connectivity index (χ0) is 24.4. The van der Waals surface area contributed by atoms with Gasteiger partial charge in [-0.15, -0.1) is 0 Å². The van der Waals surface area contributed by atoms with E-state index in [0.717, 1.165) is 60.1 Å². The predicted octanol–water partition coefficient (Wildman–Crippen LogP) is 3.88. The Labute approximate surface area is 204 Å². The Balaban J connectivity index is 1.65. The van der Waals surface area contributed by atoms with Crippen molar-refractivity contribution in [3.8, 4) is 22.8 Å². The predicted molar refractivity (Wildman–Crippen MR) is 138 cm³/mol. The van der Waals surface area contributed by atoms with Gasteiger partial charge in [-0.3, -0.25) is 9.36 Å². The molecule has 0 amide bonds. The zero-order valence-electron chi connectivity index (χ0n) is 20.0. The Kier molecular flexibility index (Phi) is 6.53. The summed E-state index contributed by atoms with van der Waals surface area (Å²) >= 11 is 0. The van der Waals surface area contributed by atoms with Crippen LogP contribution in [0.25, 0.3) is 28.0 Å². The first-order valence-electron chi connectivity index (χ1n) is 11.9. The molecule has 2 heterocycles. The number of nitrogens with zero attached hydrogens (tertiary/aromatic N) is 3. The summed E-state index contributed by atoms with van der Waals surface area (Å²) in [5.41, 5.74) is 5.09. The standard InChI is InChI=1S/C28H29N3O4/c1-19-17-21(18-20(2)26(19)35-16-13-32)27-29-25-6-4-3-5-24(25)28(33)31(27)23-9-7-22(8-10-23)30-11-14-34-15-12-30/h3-10,17-18,32H,11-16H2,1-2H3. The van der Waals surface area contributed by atoms with E-state index in [9.17, 15) is 4.79 Å². The van der Waals surface area contributed by atoms with Crippen LogP contribution in [0.5, 0.6) is 5.75 Å². The number of benzene rings is 3. The highest BCUT2D eigenvalue weighted by atomic mass is 16.5. The van der Waals surface area contributed by atoms with Crippen molar-refractivity contribution >= 4 is 16.6 Å². The number of morpholine rings is 1. The first-order valence-corrected chi connectivity index (χ1v) is 11.9. The van der Waals surface area contributed by atoms with Crippen molar-refractivity contribution in [3.05, 3.63) is 82.1 Å². The minimum Gasteiger partial charge on any atom is -0.491 e. The van der Waals surface area contributed by atoms with Gasteiger partial charge in [0.1, 0.15) is 18.2 Å². The molecule has 1 aromatic heterocycles. The zero-order valence-corrected chi connectivity index (χ0v) is 20.0. The Morgan fingerprint density at radius 3 is 2.31 bits per heavy atom. The molecule has 180 valence electrons. The molecule has 1 aliphatic heterocycles. The Morgan fingerprint density at radius 1 is 0.971 bits per heavy atom. The van der Waals surface area contributed by atoms with Gasteiger partial charge in [-0.05, 0) is 73.5 Å². The highest BCUT2D eigenvalue weighted by Crippen LogP contribution is 2.31. The van der Waals surface area contributed by atoms with Gasteiger partial charge in [-0.2, -0.15) is 0 Å². The lowest BCUT2D eigenvalue weighted by Gasteiger charge is -2.29. The molecule has 1 saturated heterocycles. The van der Waals surface area contributed by atoms with Gasteiger partial charge in [0.05, 0.1) is 36.4 Å². The van der Waals surface area contributed by atoms with E-state index >= 15 is 0 Å². The van der Waals surface area contributed by atoms with Crippen LogP contribution in [-0.2, 0) is 4.74 Å². The monoisotopic (exact) mass is 471 g/mol. The lowest BCUT2D eigenvalue weighted by molar-refractivity contribution is 0.122. The maximum absolute atomic E-state index is 13.7. The van der Waals surface area contributed by atoms with E-state index in [-0.39, 0.29) is 18.8 Å². The summed E-state index contributed by atoms with van der Waals surface area (Å²) in [5.74, 6) is 1.32. The van der Waals surface area contributed by atoms with Crippen LogP contribution in [0.2, 0.25) is 0 Å². The number of anilines is 1. The number of aliphatic hydroxyl groups is 1. The summed E-state index contributed by atoms with van der Waals surface area (Å²) in [4.78, 5) is 20.9. The van der Waals surface area contributed by atoms with Crippen LogP contribution in [0.15, 0.2) is 65.5 Å². The summed E-state index contributed by atoms with van der Waals surface area (Å²) in [7, 11) is 0. The van der Waals surface area contributed by atoms with Gasteiger partial charge < -0.3 is 19.5 Å². The average molecular weight is 472 g/mol. The maximum atomic E-state index is 13.7. The maximum Gasteiger partial charge on any atom is 0.266 e. The second-order valence-corrected chi connectivity index (χ2v) is 8.72. The summed E-state index contributed by atoms with van der Waals surface area (Å²) in [6.45, 7) is 7.25. The molecule has 1 N–H and O–H groups in total. The Morgan fingerprint density at radius 2 is 1.63 bits per heavy atom. The fourth-order valence-electron chi connectivity index (χ4n) is 4.65. The first-order chi connectivity index (χ1) is 17.1. The lowest BCUT2D eigenvalue weighted by Crippen LogP contribution is -2.36. The third-order valence-electron chi connectivity index (χ3n) is 6.32. The van der Waals surface area contributed by atoms with Crippen LogP contribution in [0.4, 0.5) is 5.69 Å². The molecular weight excluding hydrogens is 442 g/mol. The quantitative estimate of drug-likeness (QED) is 0.460. The molecule has 0 unspecified atom stereocenters. The molecule has 4 aromatic rings. The van der Waals surface area contributed by atoms with Crippen LogP contribution < -0.4 is 15.2 Å². The van der Waals surface area contributed by atoms with Gasteiger partial charge in [0.2, 0.25) is 0 Å². The van der Waals surface area contributed by atoms with E-state index < -0.39 is 0 Å². The van der Waals surface area contributed by atoms with Crippen molar-refractivity contribution in [2.45, 2.75) is 13.8 Å². The summed E-state index contributed by atoms with van der Waals surface area (Å²) in [5, 5.41) is 9.73. The number of ether oxygens (including phenoxy) is 2. The molecule has 0 bridgehead atoms. The number of hydrogen-bond acceptors (Lipinski definition) is 6. The van der Waals surface area contributed by atoms with Gasteiger partial charge in [0.25, 0.3) is 5.56 Å². The van der Waals surface area contributed by atoms with E-state index in [1.165, 1.54) is 0 Å². The highest BCUT2D eigenvalue weighted by molar-refractivity contribution is 5.81. The van der Waals surface area contributed by atoms with Gasteiger partial charge in [-0.1, -0.05) is 12.1 Å². The molecule has 0 saturated carbocycles. The topological polar surface area (TPSA) is 76.8 Å². The number of aromatic nitrogens is 2. The highest BCUT2D eigenvalue weighted by Gasteiger charge is 2.18. The molecule has 35 heavy (non-hydrogen) atoms. The lowest BCUT2D eigenvalue weighted by atomic mass is 10.0. The minimum absolute atomic E-state index is 0.0488. The average Bonchev–Trinajstić information content (AvgIpc) is 2.89. The van der Waals surface area contributed by atoms with Gasteiger partial charge >= 0.3 is 0 Å². The fourth-order valence-corrected chi connectivity index (χ4v) is 4.65. The van der Waals surface area contributed by atoms with Crippen molar-refractivity contribution in [2.24, 2.45) is 0 Å². The number of rotatable bonds is 6. The molecule has 1 aliphatic rings. The van der Waals surface area contributed by atoms with Crippen molar-refractivity contribution in [3.63, 3.8) is 0 Å². The molecule has 0 spiro atoms. The van der Waals surface area contributed by atoms with Gasteiger partial charge in [0.15, 0.2) is 0 Å². The summed E-state index contributed by atoms with van der Waals surface area (Å²) < 4.78 is 12.9.